The first-order chi connectivity index (χ1) is 11.2. The van der Waals surface area contributed by atoms with E-state index >= 15 is 0 Å². The van der Waals surface area contributed by atoms with E-state index in [-0.39, 0.29) is 5.56 Å². The summed E-state index contributed by atoms with van der Waals surface area (Å²) in [6.45, 7) is 0. The molecule has 23 heavy (non-hydrogen) atoms. The Morgan fingerprint density at radius 1 is 1.13 bits per heavy atom. The van der Waals surface area contributed by atoms with Gasteiger partial charge in [0.1, 0.15) is 10.6 Å². The van der Waals surface area contributed by atoms with Crippen molar-refractivity contribution in [3.63, 3.8) is 0 Å². The van der Waals surface area contributed by atoms with Crippen LogP contribution in [-0.4, -0.2) is 16.7 Å². The second-order valence-electron chi connectivity index (χ2n) is 5.68. The molecule has 0 saturated heterocycles. The van der Waals surface area contributed by atoms with Crippen molar-refractivity contribution in [2.45, 2.75) is 25.7 Å². The van der Waals surface area contributed by atoms with Gasteiger partial charge in [0.15, 0.2) is 0 Å². The maximum atomic E-state index is 13.0. The highest BCUT2D eigenvalue weighted by Gasteiger charge is 2.21. The van der Waals surface area contributed by atoms with Crippen LogP contribution in [0.2, 0.25) is 0 Å². The Morgan fingerprint density at radius 3 is 2.61 bits per heavy atom. The lowest BCUT2D eigenvalue weighted by molar-refractivity contribution is 0.414. The Hall–Kier alpha value is -2.34. The summed E-state index contributed by atoms with van der Waals surface area (Å²) in [5.41, 5.74) is 1.05. The van der Waals surface area contributed by atoms with Crippen LogP contribution in [0.3, 0.4) is 0 Å². The summed E-state index contributed by atoms with van der Waals surface area (Å²) < 4.78 is 6.34. The van der Waals surface area contributed by atoms with Gasteiger partial charge in [-0.3, -0.25) is 9.78 Å². The van der Waals surface area contributed by atoms with Gasteiger partial charge in [0.25, 0.3) is 5.56 Å². The van der Waals surface area contributed by atoms with Gasteiger partial charge in [-0.15, -0.1) is 11.3 Å². The average molecular weight is 328 g/mol. The van der Waals surface area contributed by atoms with Gasteiger partial charge in [-0.1, -0.05) is 0 Å². The normalized spacial score (nSPS) is 14.0. The highest BCUT2D eigenvalue weighted by molar-refractivity contribution is 7.18. The maximum absolute atomic E-state index is 13.0. The molecule has 2 heterocycles. The quantitative estimate of drug-likeness (QED) is 0.786. The van der Waals surface area contributed by atoms with Gasteiger partial charge in [-0.25, -0.2) is 9.36 Å². The summed E-state index contributed by atoms with van der Waals surface area (Å²) in [5, 5.41) is 0.681. The molecule has 118 valence electrons. The van der Waals surface area contributed by atoms with Crippen molar-refractivity contribution < 1.29 is 4.74 Å². The van der Waals surface area contributed by atoms with E-state index in [1.807, 2.05) is 0 Å². The number of benzene rings is 1. The molecular weight excluding hydrogens is 312 g/mol. The topological polar surface area (TPSA) is 64.1 Å². The van der Waals surface area contributed by atoms with E-state index in [1.54, 1.807) is 42.7 Å². The molecule has 0 radical (unpaired) electrons. The minimum absolute atomic E-state index is 0.228. The molecule has 0 saturated carbocycles. The van der Waals surface area contributed by atoms with Gasteiger partial charge in [-0.2, -0.15) is 0 Å². The number of fused-ring (bicyclic) bond motifs is 3. The zero-order valence-electron chi connectivity index (χ0n) is 12.7. The molecule has 5 nitrogen and oxygen atoms in total. The van der Waals surface area contributed by atoms with Crippen molar-refractivity contribution in [2.75, 3.05) is 7.11 Å². The lowest BCUT2D eigenvalue weighted by Crippen LogP contribution is -2.33. The minimum Gasteiger partial charge on any atom is -0.497 e. The lowest BCUT2D eigenvalue weighted by atomic mass is 9.97. The van der Waals surface area contributed by atoms with Crippen LogP contribution < -0.4 is 16.0 Å². The molecule has 4 rings (SSSR count). The molecule has 2 aromatic heterocycles. The molecule has 0 aliphatic heterocycles. The average Bonchev–Trinajstić information content (AvgIpc) is 2.93. The van der Waals surface area contributed by atoms with Crippen molar-refractivity contribution in [3.8, 4) is 11.4 Å². The summed E-state index contributed by atoms with van der Waals surface area (Å²) in [6, 6.07) is 6.93. The summed E-state index contributed by atoms with van der Waals surface area (Å²) in [4.78, 5) is 30.2. The Labute approximate surface area is 136 Å². The number of nitrogens with one attached hydrogen (secondary N) is 1. The number of methoxy groups -OCH3 is 1. The number of aryl methyl sites for hydroxylation is 2. The largest absolute Gasteiger partial charge is 0.497 e. The first kappa shape index (κ1) is 14.3. The molecule has 6 heteroatoms. The number of ether oxygens (including phenoxy) is 1. The molecule has 0 atom stereocenters. The number of nitrogens with zero attached hydrogens (tertiary/aromatic N) is 1. The Bertz CT molecular complexity index is 996. The monoisotopic (exact) mass is 328 g/mol. The van der Waals surface area contributed by atoms with Gasteiger partial charge in [0.05, 0.1) is 18.2 Å². The van der Waals surface area contributed by atoms with E-state index in [0.29, 0.717) is 21.7 Å². The number of rotatable bonds is 2. The fraction of sp³-hybridized carbons (Fsp3) is 0.294. The Kier molecular flexibility index (Phi) is 3.34. The highest BCUT2D eigenvalue weighted by Crippen LogP contribution is 2.33. The second kappa shape index (κ2) is 5.38. The van der Waals surface area contributed by atoms with Crippen LogP contribution in [0.25, 0.3) is 15.9 Å². The van der Waals surface area contributed by atoms with Crippen LogP contribution in [0.5, 0.6) is 5.75 Å². The smallest absolute Gasteiger partial charge is 0.334 e. The molecule has 1 aliphatic carbocycles. The first-order valence-corrected chi connectivity index (χ1v) is 8.44. The zero-order valence-corrected chi connectivity index (χ0v) is 13.5. The fourth-order valence-corrected chi connectivity index (χ4v) is 4.47. The zero-order chi connectivity index (χ0) is 16.0. The van der Waals surface area contributed by atoms with Crippen LogP contribution in [0, 0.1) is 0 Å². The van der Waals surface area contributed by atoms with E-state index in [2.05, 4.69) is 4.98 Å². The maximum Gasteiger partial charge on any atom is 0.334 e. The van der Waals surface area contributed by atoms with E-state index in [1.165, 1.54) is 9.44 Å². The molecule has 1 N–H and O–H groups in total. The van der Waals surface area contributed by atoms with Crippen LogP contribution in [0.15, 0.2) is 33.9 Å². The summed E-state index contributed by atoms with van der Waals surface area (Å²) in [6.07, 6.45) is 4.16. The third-order valence-corrected chi connectivity index (χ3v) is 5.55. The van der Waals surface area contributed by atoms with Crippen LogP contribution in [0.4, 0.5) is 0 Å². The van der Waals surface area contributed by atoms with Crippen LogP contribution >= 0.6 is 11.3 Å². The number of aromatic amines is 1. The Morgan fingerprint density at radius 2 is 1.87 bits per heavy atom. The van der Waals surface area contributed by atoms with E-state index in [9.17, 15) is 9.59 Å². The van der Waals surface area contributed by atoms with Crippen molar-refractivity contribution in [1.29, 1.82) is 0 Å². The van der Waals surface area contributed by atoms with Gasteiger partial charge in [0, 0.05) is 4.88 Å². The number of hydrogen-bond acceptors (Lipinski definition) is 4. The predicted molar refractivity (Wildman–Crippen MR) is 91.2 cm³/mol. The van der Waals surface area contributed by atoms with Crippen molar-refractivity contribution in [3.05, 3.63) is 55.5 Å². The molecule has 1 aliphatic rings. The van der Waals surface area contributed by atoms with E-state index in [0.717, 1.165) is 31.2 Å². The van der Waals surface area contributed by atoms with Gasteiger partial charge in [0.2, 0.25) is 0 Å². The molecule has 0 spiro atoms. The Balaban J connectivity index is 1.99. The molecule has 1 aromatic carbocycles. The fourth-order valence-electron chi connectivity index (χ4n) is 3.20. The summed E-state index contributed by atoms with van der Waals surface area (Å²) in [5.74, 6) is 0.687. The number of hydrogen-bond donors (Lipinski definition) is 1. The molecule has 3 aromatic rings. The van der Waals surface area contributed by atoms with Crippen molar-refractivity contribution >= 4 is 21.6 Å². The first-order valence-electron chi connectivity index (χ1n) is 7.63. The molecule has 0 amide bonds. The number of thiophene rings is 1. The number of aromatic nitrogens is 2. The predicted octanol–water partition coefficient (Wildman–Crippen LogP) is 2.63. The third kappa shape index (κ3) is 2.21. The van der Waals surface area contributed by atoms with Crippen molar-refractivity contribution in [1.82, 2.24) is 9.55 Å². The molecular formula is C17H16N2O3S. The minimum atomic E-state index is -0.397. The molecule has 0 bridgehead atoms. The van der Waals surface area contributed by atoms with Crippen LogP contribution in [0.1, 0.15) is 23.3 Å². The highest BCUT2D eigenvalue weighted by atomic mass is 32.1. The summed E-state index contributed by atoms with van der Waals surface area (Å²) >= 11 is 1.55. The molecule has 0 fully saturated rings. The van der Waals surface area contributed by atoms with E-state index < -0.39 is 5.69 Å². The van der Waals surface area contributed by atoms with Gasteiger partial charge < -0.3 is 4.74 Å². The second-order valence-corrected chi connectivity index (χ2v) is 6.79. The van der Waals surface area contributed by atoms with Gasteiger partial charge in [-0.05, 0) is 55.5 Å². The summed E-state index contributed by atoms with van der Waals surface area (Å²) in [7, 11) is 1.58. The van der Waals surface area contributed by atoms with Crippen LogP contribution in [-0.2, 0) is 12.8 Å². The van der Waals surface area contributed by atoms with Gasteiger partial charge >= 0.3 is 5.69 Å². The third-order valence-electron chi connectivity index (χ3n) is 4.34. The standard InChI is InChI=1S/C17H16N2O3S/c1-22-11-8-6-10(7-9-11)19-16(20)14-12-4-2-3-5-13(12)23-15(14)18-17(19)21/h6-9H,2-5H2,1H3,(H,18,21). The van der Waals surface area contributed by atoms with Crippen molar-refractivity contribution in [2.24, 2.45) is 0 Å². The SMILES string of the molecule is COc1ccc(-n2c(=O)[nH]c3sc4c(c3c2=O)CCCC4)cc1. The number of H-pyrrole nitrogens is 1. The molecule has 0 unspecified atom stereocenters. The lowest BCUT2D eigenvalue weighted by Gasteiger charge is -2.10. The van der Waals surface area contributed by atoms with E-state index in [4.69, 9.17) is 4.74 Å².